The van der Waals surface area contributed by atoms with Crippen molar-refractivity contribution in [1.29, 1.82) is 0 Å². The molecule has 0 aliphatic carbocycles. The summed E-state index contributed by atoms with van der Waals surface area (Å²) < 4.78 is 13.1. The van der Waals surface area contributed by atoms with Crippen molar-refractivity contribution in [3.05, 3.63) is 28.8 Å². The Morgan fingerprint density at radius 2 is 2.05 bits per heavy atom. The number of aromatic nitrogens is 3. The lowest BCUT2D eigenvalue weighted by molar-refractivity contribution is 0.268. The van der Waals surface area contributed by atoms with Crippen LogP contribution in [0.25, 0.3) is 5.69 Å². The van der Waals surface area contributed by atoms with Crippen molar-refractivity contribution >= 4 is 12.2 Å². The number of aliphatic hydroxyl groups is 1. The maximum absolute atomic E-state index is 9.36. The van der Waals surface area contributed by atoms with Crippen LogP contribution in [0.5, 0.6) is 11.5 Å². The molecule has 0 fully saturated rings. The highest BCUT2D eigenvalue weighted by Crippen LogP contribution is 2.29. The molecule has 2 aromatic rings. The molecule has 0 spiro atoms. The highest BCUT2D eigenvalue weighted by molar-refractivity contribution is 7.71. The third-order valence-corrected chi connectivity index (χ3v) is 2.94. The minimum atomic E-state index is -0.225. The molecule has 0 atom stereocenters. The summed E-state index contributed by atoms with van der Waals surface area (Å²) in [4.78, 5) is 0. The quantitative estimate of drug-likeness (QED) is 0.800. The van der Waals surface area contributed by atoms with Gasteiger partial charge in [0.25, 0.3) is 0 Å². The van der Waals surface area contributed by atoms with E-state index >= 15 is 0 Å². The Morgan fingerprint density at radius 3 is 2.70 bits per heavy atom. The van der Waals surface area contributed by atoms with Gasteiger partial charge in [0.2, 0.25) is 0 Å². The molecule has 0 aliphatic heterocycles. The summed E-state index contributed by atoms with van der Waals surface area (Å²) in [7, 11) is 0. The van der Waals surface area contributed by atoms with E-state index in [2.05, 4.69) is 10.2 Å². The molecule has 108 valence electrons. The van der Waals surface area contributed by atoms with Crippen LogP contribution >= 0.6 is 12.2 Å². The van der Waals surface area contributed by atoms with E-state index in [4.69, 9.17) is 21.7 Å². The number of ether oxygens (including phenoxy) is 2. The van der Waals surface area contributed by atoms with Crippen LogP contribution < -0.4 is 9.47 Å². The van der Waals surface area contributed by atoms with Gasteiger partial charge in [0.1, 0.15) is 18.1 Å². The molecule has 0 saturated heterocycles. The third kappa shape index (κ3) is 2.83. The number of aromatic amines is 1. The van der Waals surface area contributed by atoms with Crippen molar-refractivity contribution in [2.45, 2.75) is 20.5 Å². The molecule has 0 aliphatic rings. The van der Waals surface area contributed by atoms with Crippen molar-refractivity contribution in [1.82, 2.24) is 14.8 Å². The number of nitrogens with zero attached hydrogens (tertiary/aromatic N) is 2. The summed E-state index contributed by atoms with van der Waals surface area (Å²) in [6, 6.07) is 5.47. The zero-order chi connectivity index (χ0) is 14.5. The molecule has 1 heterocycles. The Bertz CT molecular complexity index is 636. The predicted molar refractivity (Wildman–Crippen MR) is 77.0 cm³/mol. The SMILES string of the molecule is CCOc1ccc(OCC)c(-n2c(CO)n[nH]c2=S)c1. The standard InChI is InChI=1S/C13H17N3O3S/c1-3-18-9-5-6-11(19-4-2)10(7-9)16-12(8-17)14-15-13(16)20/h5-7,17H,3-4,8H2,1-2H3,(H,15,20). The van der Waals surface area contributed by atoms with Crippen LogP contribution in [0.4, 0.5) is 0 Å². The van der Waals surface area contributed by atoms with E-state index in [1.807, 2.05) is 32.0 Å². The molecule has 0 unspecified atom stereocenters. The van der Waals surface area contributed by atoms with Crippen LogP contribution in [0, 0.1) is 4.77 Å². The highest BCUT2D eigenvalue weighted by Gasteiger charge is 2.13. The second kappa shape index (κ2) is 6.53. The highest BCUT2D eigenvalue weighted by atomic mass is 32.1. The topological polar surface area (TPSA) is 72.3 Å². The van der Waals surface area contributed by atoms with Crippen LogP contribution in [0.3, 0.4) is 0 Å². The lowest BCUT2D eigenvalue weighted by Gasteiger charge is -2.14. The number of benzene rings is 1. The zero-order valence-electron chi connectivity index (χ0n) is 11.4. The molecule has 1 aromatic carbocycles. The Morgan fingerprint density at radius 1 is 1.30 bits per heavy atom. The Kier molecular flexibility index (Phi) is 4.75. The Balaban J connectivity index is 2.59. The third-order valence-electron chi connectivity index (χ3n) is 2.67. The average Bonchev–Trinajstić information content (AvgIpc) is 2.82. The molecule has 0 amide bonds. The predicted octanol–water partition coefficient (Wildman–Crippen LogP) is 2.22. The Labute approximate surface area is 122 Å². The minimum Gasteiger partial charge on any atom is -0.494 e. The summed E-state index contributed by atoms with van der Waals surface area (Å²) in [6.07, 6.45) is 0. The van der Waals surface area contributed by atoms with Crippen molar-refractivity contribution in [2.24, 2.45) is 0 Å². The molecule has 2 rings (SSSR count). The average molecular weight is 295 g/mol. The molecule has 0 radical (unpaired) electrons. The monoisotopic (exact) mass is 295 g/mol. The van der Waals surface area contributed by atoms with Crippen LogP contribution in [0.15, 0.2) is 18.2 Å². The first-order valence-corrected chi connectivity index (χ1v) is 6.79. The van der Waals surface area contributed by atoms with Crippen molar-refractivity contribution < 1.29 is 14.6 Å². The van der Waals surface area contributed by atoms with Gasteiger partial charge >= 0.3 is 0 Å². The molecular formula is C13H17N3O3S. The van der Waals surface area contributed by atoms with Gasteiger partial charge in [0.15, 0.2) is 10.6 Å². The van der Waals surface area contributed by atoms with E-state index < -0.39 is 0 Å². The van der Waals surface area contributed by atoms with Gasteiger partial charge in [-0.25, -0.2) is 0 Å². The molecule has 1 aromatic heterocycles. The fraction of sp³-hybridized carbons (Fsp3) is 0.385. The fourth-order valence-electron chi connectivity index (χ4n) is 1.89. The fourth-order valence-corrected chi connectivity index (χ4v) is 2.14. The van der Waals surface area contributed by atoms with E-state index in [9.17, 15) is 5.11 Å². The zero-order valence-corrected chi connectivity index (χ0v) is 12.2. The van der Waals surface area contributed by atoms with Crippen molar-refractivity contribution in [3.63, 3.8) is 0 Å². The van der Waals surface area contributed by atoms with E-state index in [0.29, 0.717) is 41.0 Å². The maximum Gasteiger partial charge on any atom is 0.200 e. The van der Waals surface area contributed by atoms with Crippen LogP contribution in [-0.2, 0) is 6.61 Å². The lowest BCUT2D eigenvalue weighted by atomic mass is 10.2. The van der Waals surface area contributed by atoms with Crippen molar-refractivity contribution in [3.8, 4) is 17.2 Å². The number of H-pyrrole nitrogens is 1. The number of nitrogens with one attached hydrogen (secondary N) is 1. The van der Waals surface area contributed by atoms with Gasteiger partial charge in [-0.1, -0.05) is 0 Å². The summed E-state index contributed by atoms with van der Waals surface area (Å²) in [5.74, 6) is 1.78. The molecule has 7 heteroatoms. The van der Waals surface area contributed by atoms with E-state index in [-0.39, 0.29) is 6.61 Å². The summed E-state index contributed by atoms with van der Waals surface area (Å²) >= 11 is 5.21. The second-order valence-electron chi connectivity index (χ2n) is 3.93. The smallest absolute Gasteiger partial charge is 0.200 e. The summed E-state index contributed by atoms with van der Waals surface area (Å²) in [5, 5.41) is 16.0. The lowest BCUT2D eigenvalue weighted by Crippen LogP contribution is -2.05. The van der Waals surface area contributed by atoms with Crippen LogP contribution in [0.2, 0.25) is 0 Å². The van der Waals surface area contributed by atoms with Gasteiger partial charge in [-0.2, -0.15) is 5.10 Å². The van der Waals surface area contributed by atoms with E-state index in [1.165, 1.54) is 0 Å². The normalized spacial score (nSPS) is 10.6. The second-order valence-corrected chi connectivity index (χ2v) is 4.32. The Hall–Kier alpha value is -1.86. The largest absolute Gasteiger partial charge is 0.494 e. The van der Waals surface area contributed by atoms with Crippen LogP contribution in [0.1, 0.15) is 19.7 Å². The van der Waals surface area contributed by atoms with Gasteiger partial charge in [0, 0.05) is 6.07 Å². The van der Waals surface area contributed by atoms with Crippen molar-refractivity contribution in [2.75, 3.05) is 13.2 Å². The summed E-state index contributed by atoms with van der Waals surface area (Å²) in [6.45, 7) is 4.69. The molecular weight excluding hydrogens is 278 g/mol. The van der Waals surface area contributed by atoms with Gasteiger partial charge in [-0.3, -0.25) is 9.67 Å². The molecule has 0 saturated carbocycles. The molecule has 20 heavy (non-hydrogen) atoms. The first kappa shape index (κ1) is 14.5. The molecule has 2 N–H and O–H groups in total. The number of aliphatic hydroxyl groups excluding tert-OH is 1. The van der Waals surface area contributed by atoms with Gasteiger partial charge in [0.05, 0.1) is 18.9 Å². The van der Waals surface area contributed by atoms with E-state index in [0.717, 1.165) is 0 Å². The maximum atomic E-state index is 9.36. The number of hydrogen-bond acceptors (Lipinski definition) is 5. The van der Waals surface area contributed by atoms with Gasteiger partial charge in [-0.05, 0) is 38.2 Å². The molecule has 6 nitrogen and oxygen atoms in total. The first-order chi connectivity index (χ1) is 9.71. The van der Waals surface area contributed by atoms with E-state index in [1.54, 1.807) is 4.57 Å². The summed E-state index contributed by atoms with van der Waals surface area (Å²) in [5.41, 5.74) is 0.695. The van der Waals surface area contributed by atoms with Gasteiger partial charge < -0.3 is 14.6 Å². The van der Waals surface area contributed by atoms with Gasteiger partial charge in [-0.15, -0.1) is 0 Å². The number of rotatable bonds is 6. The first-order valence-electron chi connectivity index (χ1n) is 6.38. The van der Waals surface area contributed by atoms with Crippen LogP contribution in [-0.4, -0.2) is 33.1 Å². The molecule has 0 bridgehead atoms. The number of hydrogen-bond donors (Lipinski definition) is 2. The minimum absolute atomic E-state index is 0.225.